The van der Waals surface area contributed by atoms with Crippen molar-refractivity contribution in [1.82, 2.24) is 58.1 Å². The van der Waals surface area contributed by atoms with Crippen molar-refractivity contribution in [2.75, 3.05) is 13.1 Å². The number of nitrogens with zero attached hydrogens (tertiary/aromatic N) is 1. The Bertz CT molecular complexity index is 3680. The van der Waals surface area contributed by atoms with Gasteiger partial charge in [0.15, 0.2) is 0 Å². The van der Waals surface area contributed by atoms with Gasteiger partial charge in [-0.15, -0.1) is 0 Å². The van der Waals surface area contributed by atoms with Crippen molar-refractivity contribution < 1.29 is 134 Å². The molecular formula is C65H91N13O28S. The summed E-state index contributed by atoms with van der Waals surface area (Å²) in [5.74, 6) is -24.6. The molecule has 2 aromatic carbocycles. The van der Waals surface area contributed by atoms with E-state index in [4.69, 9.17) is 16.0 Å². The molecule has 1 saturated heterocycles. The molecule has 1 aliphatic heterocycles. The molecule has 107 heavy (non-hydrogen) atoms. The first-order chi connectivity index (χ1) is 50.1. The molecule has 41 nitrogen and oxygen atoms in total. The van der Waals surface area contributed by atoms with E-state index in [9.17, 15) is 125 Å². The van der Waals surface area contributed by atoms with Crippen molar-refractivity contribution in [3.63, 3.8) is 0 Å². The third-order valence-corrected chi connectivity index (χ3v) is 16.8. The minimum Gasteiger partial charge on any atom is -0.481 e. The number of benzene rings is 2. The number of aliphatic carboxylic acids is 6. The Morgan fingerprint density at radius 3 is 1.34 bits per heavy atom. The van der Waals surface area contributed by atoms with Crippen LogP contribution in [-0.2, 0) is 110 Å². The highest BCUT2D eigenvalue weighted by Gasteiger charge is 2.43. The van der Waals surface area contributed by atoms with Gasteiger partial charge in [-0.2, -0.15) is 8.42 Å². The van der Waals surface area contributed by atoms with E-state index in [-0.39, 0.29) is 49.5 Å². The highest BCUT2D eigenvalue weighted by Crippen LogP contribution is 2.23. The number of amides is 12. The van der Waals surface area contributed by atoms with Gasteiger partial charge >= 0.3 is 46.2 Å². The maximum Gasteiger partial charge on any atom is 0.446 e. The van der Waals surface area contributed by atoms with Gasteiger partial charge in [-0.25, -0.2) is 4.79 Å². The maximum absolute atomic E-state index is 14.8. The number of rotatable bonds is 48. The lowest BCUT2D eigenvalue weighted by Gasteiger charge is -2.33. The van der Waals surface area contributed by atoms with Crippen LogP contribution in [0.2, 0.25) is 0 Å². The summed E-state index contributed by atoms with van der Waals surface area (Å²) >= 11 is 0. The minimum atomic E-state index is -4.99. The van der Waals surface area contributed by atoms with Gasteiger partial charge in [0, 0.05) is 45.1 Å². The summed E-state index contributed by atoms with van der Waals surface area (Å²) in [5, 5.41) is 81.4. The Hall–Kier alpha value is -11.4. The summed E-state index contributed by atoms with van der Waals surface area (Å²) in [6.07, 6.45) is -8.96. The van der Waals surface area contributed by atoms with E-state index in [1.165, 1.54) is 43.3 Å². The molecule has 1 fully saturated rings. The Morgan fingerprint density at radius 1 is 0.514 bits per heavy atom. The van der Waals surface area contributed by atoms with E-state index in [1.807, 2.05) is 0 Å². The van der Waals surface area contributed by atoms with E-state index < -0.39 is 273 Å². The molecule has 21 N–H and O–H groups in total. The lowest BCUT2D eigenvalue weighted by atomic mass is 9.96. The first kappa shape index (κ1) is 89.8. The maximum atomic E-state index is 14.8. The predicted octanol–water partition coefficient (Wildman–Crippen LogP) is -4.56. The third kappa shape index (κ3) is 33.1. The van der Waals surface area contributed by atoms with Crippen LogP contribution < -0.4 is 68.8 Å². The van der Waals surface area contributed by atoms with Gasteiger partial charge in [0.1, 0.15) is 66.2 Å². The summed E-state index contributed by atoms with van der Waals surface area (Å²) in [7, 11) is -4.99. The second-order valence-corrected chi connectivity index (χ2v) is 26.5. The van der Waals surface area contributed by atoms with Crippen LogP contribution in [0.1, 0.15) is 129 Å². The molecule has 2 aromatic rings. The molecule has 1 heterocycles. The molecule has 0 radical (unpaired) electrons. The molecule has 1 aliphatic rings. The zero-order valence-corrected chi connectivity index (χ0v) is 59.5. The molecule has 0 aromatic heterocycles. The van der Waals surface area contributed by atoms with Crippen LogP contribution in [0.5, 0.6) is 5.75 Å². The summed E-state index contributed by atoms with van der Waals surface area (Å²) in [5.41, 5.74) is 11.1. The number of hydrogen-bond acceptors (Lipinski definition) is 22. The van der Waals surface area contributed by atoms with E-state index in [0.29, 0.717) is 5.56 Å². The fourth-order valence-electron chi connectivity index (χ4n) is 10.7. The van der Waals surface area contributed by atoms with Crippen LogP contribution in [0.25, 0.3) is 0 Å². The quantitative estimate of drug-likeness (QED) is 0.0277. The summed E-state index contributed by atoms with van der Waals surface area (Å²) in [6.45, 7) is 5.29. The smallest absolute Gasteiger partial charge is 0.446 e. The normalized spacial score (nSPS) is 15.7. The number of nitrogens with one attached hydrogen (secondary N) is 10. The van der Waals surface area contributed by atoms with Gasteiger partial charge in [0.25, 0.3) is 0 Å². The van der Waals surface area contributed by atoms with Gasteiger partial charge in [-0.3, -0.25) is 86.1 Å². The predicted molar refractivity (Wildman–Crippen MR) is 366 cm³/mol. The standard InChI is InChI=1S/C65H91N13O28S/c1-5-33(4)54(77-59(95)41(20-24-52(87)88)71-56(92)38(17-21-49(81)82)72-60(96)42(27-34-10-7-6-8-11-34)75-62(98)44(30-53(89)90)69-48(80)31-68-55(91)37(66)29-47(67)79)64(100)78-25-9-12-46(78)63(99)73-40(19-23-51(85)86)57(93)70-39(18-22-50(83)84)58(94)74-43(61(97)76-45(65(101)102)26-32(2)3)28-35-13-15-36(16-14-35)106-107(103,104)105/h6-8,10-11,13-16,32-33,37-46,54H,5,9,12,17-31,66H2,1-4H3,(H2,67,79)(H,68,91)(H,69,80)(H,70,93)(H,71,92)(H,72,96)(H,73,99)(H,74,94)(H,75,98)(H,76,97)(H,77,95)(H,81,82)(H,83,84)(H,85,86)(H,87,88)(H,89,90)(H,101,102)(H,103,104,105). The summed E-state index contributed by atoms with van der Waals surface area (Å²) in [6, 6.07) is -7.10. The zero-order chi connectivity index (χ0) is 80.6. The van der Waals surface area contributed by atoms with E-state index in [1.54, 1.807) is 26.8 Å². The van der Waals surface area contributed by atoms with Crippen molar-refractivity contribution >= 4 is 117 Å². The topological polar surface area (TPSA) is 668 Å². The van der Waals surface area contributed by atoms with Gasteiger partial charge < -0.3 is 104 Å². The molecule has 42 heteroatoms. The van der Waals surface area contributed by atoms with Crippen molar-refractivity contribution in [1.29, 1.82) is 0 Å². The number of carboxylic acids is 6. The van der Waals surface area contributed by atoms with Crippen LogP contribution in [-0.4, -0.2) is 235 Å². The number of primary amides is 1. The number of nitrogens with two attached hydrogens (primary N) is 2. The first-order valence-corrected chi connectivity index (χ1v) is 34.9. The summed E-state index contributed by atoms with van der Waals surface area (Å²) in [4.78, 5) is 238. The number of likely N-dealkylation sites (tertiary alicyclic amines) is 1. The minimum absolute atomic E-state index is 0.0884. The Labute approximate surface area is 611 Å². The Balaban J connectivity index is 1.98. The molecule has 0 aliphatic carbocycles. The molecule has 3 rings (SSSR count). The second-order valence-electron chi connectivity index (χ2n) is 25.4. The zero-order valence-electron chi connectivity index (χ0n) is 58.6. The second kappa shape index (κ2) is 43.8. The van der Waals surface area contributed by atoms with Gasteiger partial charge in [-0.05, 0) is 80.0 Å². The van der Waals surface area contributed by atoms with Crippen LogP contribution in [0.15, 0.2) is 54.6 Å². The van der Waals surface area contributed by atoms with E-state index in [0.717, 1.165) is 17.0 Å². The van der Waals surface area contributed by atoms with Crippen molar-refractivity contribution in [3.05, 3.63) is 65.7 Å². The third-order valence-electron chi connectivity index (χ3n) is 16.4. The fourth-order valence-corrected chi connectivity index (χ4v) is 11.1. The highest BCUT2D eigenvalue weighted by atomic mass is 32.3. The Kier molecular flexibility index (Phi) is 36.7. The van der Waals surface area contributed by atoms with Crippen LogP contribution in [0.3, 0.4) is 0 Å². The lowest BCUT2D eigenvalue weighted by Crippen LogP contribution is -2.61. The first-order valence-electron chi connectivity index (χ1n) is 33.5. The number of carbonyl (C=O) groups excluding carboxylic acids is 12. The van der Waals surface area contributed by atoms with Crippen molar-refractivity contribution in [2.24, 2.45) is 23.3 Å². The average Bonchev–Trinajstić information content (AvgIpc) is 1.73. The molecule has 0 bridgehead atoms. The number of hydrogen-bond donors (Lipinski definition) is 19. The molecule has 12 amide bonds. The molecule has 0 spiro atoms. The fraction of sp³-hybridized carbons (Fsp3) is 0.538. The van der Waals surface area contributed by atoms with Crippen LogP contribution in [0.4, 0.5) is 0 Å². The SMILES string of the molecule is CCC(C)C(NC(=O)C(CCC(=O)O)NC(=O)C(CCC(=O)O)NC(=O)C(Cc1ccccc1)NC(=O)C(CC(=O)O)NC(=O)CNC(=O)C(N)CC(N)=O)C(=O)N1CCCC1C(=O)NC(CCC(=O)O)C(=O)NC(CCC(=O)O)C(=O)NC(Cc1ccc(OS(=O)(=O)O)cc1)C(=O)NC(CC(C)C)C(=O)O. The van der Waals surface area contributed by atoms with Crippen molar-refractivity contribution in [2.45, 2.75) is 197 Å². The largest absolute Gasteiger partial charge is 0.481 e. The van der Waals surface area contributed by atoms with Crippen LogP contribution >= 0.6 is 0 Å². The lowest BCUT2D eigenvalue weighted by molar-refractivity contribution is -0.144. The summed E-state index contributed by atoms with van der Waals surface area (Å²) < 4.78 is 36.1. The molecule has 12 unspecified atom stereocenters. The monoisotopic (exact) mass is 1530 g/mol. The highest BCUT2D eigenvalue weighted by molar-refractivity contribution is 7.81. The van der Waals surface area contributed by atoms with Crippen molar-refractivity contribution in [3.8, 4) is 5.75 Å². The van der Waals surface area contributed by atoms with Gasteiger partial charge in [-0.1, -0.05) is 76.6 Å². The molecule has 590 valence electrons. The average molecular weight is 1530 g/mol. The van der Waals surface area contributed by atoms with Crippen LogP contribution in [0, 0.1) is 11.8 Å². The Morgan fingerprint density at radius 2 is 0.925 bits per heavy atom. The van der Waals surface area contributed by atoms with Gasteiger partial charge in [0.2, 0.25) is 70.9 Å². The van der Waals surface area contributed by atoms with Gasteiger partial charge in [0.05, 0.1) is 25.4 Å². The van der Waals surface area contributed by atoms with E-state index in [2.05, 4.69) is 57.4 Å². The molecule has 12 atom stereocenters. The number of carboxylic acid groups (broad SMARTS) is 6. The molecule has 0 saturated carbocycles. The van der Waals surface area contributed by atoms with E-state index >= 15 is 0 Å². The number of carbonyl (C=O) groups is 18. The molecular weight excluding hydrogens is 1440 g/mol.